The summed E-state index contributed by atoms with van der Waals surface area (Å²) >= 11 is 0. The molecule has 0 saturated carbocycles. The summed E-state index contributed by atoms with van der Waals surface area (Å²) in [6.07, 6.45) is 4.21. The highest BCUT2D eigenvalue weighted by Gasteiger charge is 2.18. The van der Waals surface area contributed by atoms with Crippen molar-refractivity contribution >= 4 is 23.0 Å². The van der Waals surface area contributed by atoms with Gasteiger partial charge in [0.2, 0.25) is 5.91 Å². The molecule has 0 radical (unpaired) electrons. The second-order valence-electron chi connectivity index (χ2n) is 3.93. The van der Waals surface area contributed by atoms with E-state index < -0.39 is 21.4 Å². The molecule has 0 saturated heterocycles. The molecule has 0 atom stereocenters. The lowest BCUT2D eigenvalue weighted by Gasteiger charge is -2.02. The van der Waals surface area contributed by atoms with Crippen LogP contribution < -0.4 is 11.1 Å². The van der Waals surface area contributed by atoms with E-state index in [4.69, 9.17) is 5.73 Å². The van der Waals surface area contributed by atoms with Gasteiger partial charge in [-0.25, -0.2) is 0 Å². The first-order valence-corrected chi connectivity index (χ1v) is 5.65. The van der Waals surface area contributed by atoms with Gasteiger partial charge < -0.3 is 11.1 Å². The van der Waals surface area contributed by atoms with Gasteiger partial charge in [-0.1, -0.05) is 6.08 Å². The summed E-state index contributed by atoms with van der Waals surface area (Å²) in [4.78, 5) is 30.8. The number of primary amides is 1. The standard InChI is InChI=1S/C12H12N4O5/c1-8(12(13)17)3-2-6-14-10-5-4-9(15(18)19)7-11(10)16(20)21/h2-7,14H,1H3,(H2,13,17)/b6-2-,8-3+. The van der Waals surface area contributed by atoms with Gasteiger partial charge in [0.05, 0.1) is 15.9 Å². The molecule has 21 heavy (non-hydrogen) atoms. The smallest absolute Gasteiger partial charge is 0.299 e. The first-order chi connectivity index (χ1) is 9.82. The summed E-state index contributed by atoms with van der Waals surface area (Å²) in [5.74, 6) is -0.582. The van der Waals surface area contributed by atoms with Crippen molar-refractivity contribution in [2.45, 2.75) is 6.92 Å². The van der Waals surface area contributed by atoms with Gasteiger partial charge in [0, 0.05) is 17.8 Å². The normalized spacial score (nSPS) is 11.4. The largest absolute Gasteiger partial charge is 0.366 e. The molecule has 0 heterocycles. The predicted octanol–water partition coefficient (Wildman–Crippen LogP) is 1.86. The van der Waals surface area contributed by atoms with Crippen molar-refractivity contribution in [1.82, 2.24) is 0 Å². The maximum absolute atomic E-state index is 10.9. The Labute approximate surface area is 119 Å². The van der Waals surface area contributed by atoms with Gasteiger partial charge in [-0.15, -0.1) is 0 Å². The van der Waals surface area contributed by atoms with Crippen LogP contribution >= 0.6 is 0 Å². The number of nitrogens with zero attached hydrogens (tertiary/aromatic N) is 2. The zero-order valence-electron chi connectivity index (χ0n) is 11.0. The van der Waals surface area contributed by atoms with E-state index in [2.05, 4.69) is 5.32 Å². The topological polar surface area (TPSA) is 141 Å². The lowest BCUT2D eigenvalue weighted by atomic mass is 10.2. The summed E-state index contributed by atoms with van der Waals surface area (Å²) in [7, 11) is 0. The van der Waals surface area contributed by atoms with Gasteiger partial charge in [0.25, 0.3) is 11.4 Å². The monoisotopic (exact) mass is 292 g/mol. The molecule has 0 spiro atoms. The summed E-state index contributed by atoms with van der Waals surface area (Å²) in [5.41, 5.74) is 4.62. The van der Waals surface area contributed by atoms with E-state index in [-0.39, 0.29) is 11.4 Å². The van der Waals surface area contributed by atoms with Crippen molar-refractivity contribution in [3.8, 4) is 0 Å². The molecule has 9 nitrogen and oxygen atoms in total. The number of carbonyl (C=O) groups is 1. The molecule has 1 aromatic carbocycles. The Morgan fingerprint density at radius 2 is 1.95 bits per heavy atom. The first-order valence-electron chi connectivity index (χ1n) is 5.65. The van der Waals surface area contributed by atoms with Gasteiger partial charge >= 0.3 is 0 Å². The maximum Gasteiger partial charge on any atom is 0.299 e. The number of non-ortho nitro benzene ring substituents is 1. The van der Waals surface area contributed by atoms with Crippen LogP contribution in [-0.4, -0.2) is 15.8 Å². The fourth-order valence-electron chi connectivity index (χ4n) is 1.32. The zero-order chi connectivity index (χ0) is 16.0. The number of nitro benzene ring substituents is 2. The highest BCUT2D eigenvalue weighted by atomic mass is 16.6. The minimum atomic E-state index is -0.729. The molecule has 110 valence electrons. The Kier molecular flexibility index (Phi) is 5.12. The average molecular weight is 292 g/mol. The van der Waals surface area contributed by atoms with Gasteiger partial charge in [0.1, 0.15) is 5.69 Å². The minimum Gasteiger partial charge on any atom is -0.366 e. The first kappa shape index (κ1) is 15.8. The SMILES string of the molecule is C/C(=C\C=C/Nc1ccc([N+](=O)[O-])cc1[N+](=O)[O-])C(N)=O. The lowest BCUT2D eigenvalue weighted by Crippen LogP contribution is -2.11. The molecular weight excluding hydrogens is 280 g/mol. The van der Waals surface area contributed by atoms with E-state index in [0.717, 1.165) is 12.1 Å². The van der Waals surface area contributed by atoms with E-state index in [9.17, 15) is 25.0 Å². The average Bonchev–Trinajstić information content (AvgIpc) is 2.42. The molecule has 1 amide bonds. The second-order valence-corrected chi connectivity index (χ2v) is 3.93. The fourth-order valence-corrected chi connectivity index (χ4v) is 1.32. The van der Waals surface area contributed by atoms with Crippen molar-refractivity contribution in [3.05, 3.63) is 62.4 Å². The minimum absolute atomic E-state index is 0.0898. The molecule has 0 bridgehead atoms. The van der Waals surface area contributed by atoms with Crippen LogP contribution in [0.2, 0.25) is 0 Å². The van der Waals surface area contributed by atoms with Crippen LogP contribution in [0.15, 0.2) is 42.1 Å². The van der Waals surface area contributed by atoms with Crippen LogP contribution in [0.25, 0.3) is 0 Å². The quantitative estimate of drug-likeness (QED) is 0.354. The van der Waals surface area contributed by atoms with Crippen LogP contribution in [0.5, 0.6) is 0 Å². The number of nitrogens with two attached hydrogens (primary N) is 1. The zero-order valence-corrected chi connectivity index (χ0v) is 11.0. The van der Waals surface area contributed by atoms with Crippen LogP contribution in [0.1, 0.15) is 6.92 Å². The third kappa shape index (κ3) is 4.42. The number of nitro groups is 2. The lowest BCUT2D eigenvalue weighted by molar-refractivity contribution is -0.393. The molecule has 0 fully saturated rings. The Balaban J connectivity index is 2.96. The number of carbonyl (C=O) groups excluding carboxylic acids is 1. The summed E-state index contributed by atoms with van der Waals surface area (Å²) < 4.78 is 0. The van der Waals surface area contributed by atoms with Gasteiger partial charge in [-0.2, -0.15) is 0 Å². The van der Waals surface area contributed by atoms with E-state index in [1.807, 2.05) is 0 Å². The number of amides is 1. The Bertz CT molecular complexity index is 651. The molecule has 0 aromatic heterocycles. The number of anilines is 1. The number of hydrogen-bond donors (Lipinski definition) is 2. The molecule has 1 aromatic rings. The van der Waals surface area contributed by atoms with Crippen molar-refractivity contribution in [2.24, 2.45) is 5.73 Å². The molecule has 0 aliphatic carbocycles. The van der Waals surface area contributed by atoms with Gasteiger partial charge in [-0.05, 0) is 19.1 Å². The van der Waals surface area contributed by atoms with Crippen molar-refractivity contribution < 1.29 is 14.6 Å². The third-order valence-corrected chi connectivity index (χ3v) is 2.46. The van der Waals surface area contributed by atoms with Crippen LogP contribution in [0.4, 0.5) is 17.1 Å². The molecule has 0 aliphatic heterocycles. The van der Waals surface area contributed by atoms with E-state index >= 15 is 0 Å². The molecule has 0 aliphatic rings. The van der Waals surface area contributed by atoms with Gasteiger partial charge in [0.15, 0.2) is 0 Å². The van der Waals surface area contributed by atoms with E-state index in [1.54, 1.807) is 0 Å². The number of allylic oxidation sites excluding steroid dienone is 2. The summed E-state index contributed by atoms with van der Waals surface area (Å²) in [5, 5.41) is 24.1. The van der Waals surface area contributed by atoms with Crippen molar-refractivity contribution in [1.29, 1.82) is 0 Å². The molecule has 1 rings (SSSR count). The molecular formula is C12H12N4O5. The second kappa shape index (κ2) is 6.80. The summed E-state index contributed by atoms with van der Waals surface area (Å²) in [6.45, 7) is 1.51. The number of hydrogen-bond acceptors (Lipinski definition) is 6. The Morgan fingerprint density at radius 3 is 2.48 bits per heavy atom. The van der Waals surface area contributed by atoms with Crippen LogP contribution in [0, 0.1) is 20.2 Å². The highest BCUT2D eigenvalue weighted by molar-refractivity contribution is 5.91. The van der Waals surface area contributed by atoms with Crippen LogP contribution in [-0.2, 0) is 4.79 Å². The van der Waals surface area contributed by atoms with Gasteiger partial charge in [-0.3, -0.25) is 25.0 Å². The fraction of sp³-hybridized carbons (Fsp3) is 0.0833. The molecule has 0 unspecified atom stereocenters. The number of benzene rings is 1. The summed E-state index contributed by atoms with van der Waals surface area (Å²) in [6, 6.07) is 3.24. The maximum atomic E-state index is 10.9. The predicted molar refractivity (Wildman–Crippen MR) is 75.5 cm³/mol. The van der Waals surface area contributed by atoms with E-state index in [0.29, 0.717) is 5.57 Å². The Morgan fingerprint density at radius 1 is 1.29 bits per heavy atom. The highest BCUT2D eigenvalue weighted by Crippen LogP contribution is 2.28. The Hall–Kier alpha value is -3.23. The van der Waals surface area contributed by atoms with Crippen molar-refractivity contribution in [2.75, 3.05) is 5.32 Å². The number of nitrogens with one attached hydrogen (secondary N) is 1. The molecule has 9 heteroatoms. The number of rotatable bonds is 6. The third-order valence-electron chi connectivity index (χ3n) is 2.46. The van der Waals surface area contributed by atoms with E-state index in [1.165, 1.54) is 31.3 Å². The van der Waals surface area contributed by atoms with Crippen LogP contribution in [0.3, 0.4) is 0 Å². The molecule has 3 N–H and O–H groups in total. The van der Waals surface area contributed by atoms with Crippen molar-refractivity contribution in [3.63, 3.8) is 0 Å².